The summed E-state index contributed by atoms with van der Waals surface area (Å²) in [5.41, 5.74) is -0.617. The molecular formula is C17H16F3NO5S. The number of halogens is 3. The summed E-state index contributed by atoms with van der Waals surface area (Å²) < 4.78 is 70.0. The van der Waals surface area contributed by atoms with Gasteiger partial charge in [0.15, 0.2) is 0 Å². The smallest absolute Gasteiger partial charge is 0.416 e. The number of nitrogens with one attached hydrogen (secondary N) is 1. The van der Waals surface area contributed by atoms with Crippen molar-refractivity contribution in [3.63, 3.8) is 0 Å². The van der Waals surface area contributed by atoms with Gasteiger partial charge in [0, 0.05) is 0 Å². The van der Waals surface area contributed by atoms with E-state index in [9.17, 15) is 31.5 Å². The molecule has 0 aromatic heterocycles. The largest absolute Gasteiger partial charge is 0.508 e. The number of ether oxygens (including phenoxy) is 1. The van der Waals surface area contributed by atoms with Gasteiger partial charge < -0.3 is 9.84 Å². The quantitative estimate of drug-likeness (QED) is 0.723. The molecule has 1 atom stereocenters. The fourth-order valence-electron chi connectivity index (χ4n) is 2.28. The first-order valence-corrected chi connectivity index (χ1v) is 9.06. The van der Waals surface area contributed by atoms with Gasteiger partial charge in [0.2, 0.25) is 10.0 Å². The SMILES string of the molecule is COC(=O)C(Cc1ccc(O)cc1)NS(=O)(=O)c1cccc(C(F)(F)F)c1. The third kappa shape index (κ3) is 5.44. The van der Waals surface area contributed by atoms with Crippen LogP contribution in [0.1, 0.15) is 11.1 Å². The third-order valence-electron chi connectivity index (χ3n) is 3.63. The first-order valence-electron chi connectivity index (χ1n) is 7.58. The van der Waals surface area contributed by atoms with Gasteiger partial charge in [-0.2, -0.15) is 17.9 Å². The molecule has 6 nitrogen and oxygen atoms in total. The van der Waals surface area contributed by atoms with Crippen molar-refractivity contribution in [2.24, 2.45) is 0 Å². The van der Waals surface area contributed by atoms with Crippen LogP contribution in [0.3, 0.4) is 0 Å². The third-order valence-corrected chi connectivity index (χ3v) is 5.10. The van der Waals surface area contributed by atoms with Gasteiger partial charge >= 0.3 is 12.1 Å². The highest BCUT2D eigenvalue weighted by molar-refractivity contribution is 7.89. The van der Waals surface area contributed by atoms with E-state index in [2.05, 4.69) is 9.46 Å². The molecule has 2 aromatic carbocycles. The van der Waals surface area contributed by atoms with E-state index in [0.29, 0.717) is 11.6 Å². The molecule has 0 fully saturated rings. The Balaban J connectivity index is 2.30. The zero-order chi connectivity index (χ0) is 20.2. The highest BCUT2D eigenvalue weighted by Crippen LogP contribution is 2.30. The highest BCUT2D eigenvalue weighted by atomic mass is 32.2. The number of methoxy groups -OCH3 is 1. The Morgan fingerprint density at radius 1 is 1.19 bits per heavy atom. The second-order valence-corrected chi connectivity index (χ2v) is 7.31. The molecule has 0 heterocycles. The van der Waals surface area contributed by atoms with Crippen LogP contribution in [-0.4, -0.2) is 32.6 Å². The summed E-state index contributed by atoms with van der Waals surface area (Å²) >= 11 is 0. The summed E-state index contributed by atoms with van der Waals surface area (Å²) in [5.74, 6) is -0.920. The molecule has 0 aliphatic carbocycles. The monoisotopic (exact) mass is 403 g/mol. The maximum absolute atomic E-state index is 12.8. The summed E-state index contributed by atoms with van der Waals surface area (Å²) in [7, 11) is -3.37. The van der Waals surface area contributed by atoms with Crippen molar-refractivity contribution >= 4 is 16.0 Å². The Bertz CT molecular complexity index is 911. The second kappa shape index (κ2) is 7.97. The lowest BCUT2D eigenvalue weighted by Crippen LogP contribution is -2.43. The van der Waals surface area contributed by atoms with E-state index >= 15 is 0 Å². The molecule has 1 unspecified atom stereocenters. The molecule has 27 heavy (non-hydrogen) atoms. The Morgan fingerprint density at radius 3 is 2.37 bits per heavy atom. The summed E-state index contributed by atoms with van der Waals surface area (Å²) in [5, 5.41) is 9.28. The Kier molecular flexibility index (Phi) is 6.11. The summed E-state index contributed by atoms with van der Waals surface area (Å²) in [6.07, 6.45) is -4.83. The van der Waals surface area contributed by atoms with E-state index in [-0.39, 0.29) is 12.2 Å². The number of benzene rings is 2. The normalized spacial score (nSPS) is 13.2. The van der Waals surface area contributed by atoms with E-state index in [1.165, 1.54) is 24.3 Å². The van der Waals surface area contributed by atoms with Gasteiger partial charge in [-0.25, -0.2) is 8.42 Å². The van der Waals surface area contributed by atoms with Crippen LogP contribution < -0.4 is 4.72 Å². The molecule has 10 heteroatoms. The molecule has 0 saturated heterocycles. The number of hydrogen-bond acceptors (Lipinski definition) is 5. The van der Waals surface area contributed by atoms with Crippen LogP contribution in [0.15, 0.2) is 53.4 Å². The number of phenolic OH excluding ortho intramolecular Hbond substituents is 1. The van der Waals surface area contributed by atoms with E-state index in [1.807, 2.05) is 0 Å². The van der Waals surface area contributed by atoms with E-state index < -0.39 is 38.7 Å². The summed E-state index contributed by atoms with van der Waals surface area (Å²) in [4.78, 5) is 11.3. The number of esters is 1. The Morgan fingerprint density at radius 2 is 1.81 bits per heavy atom. The molecule has 2 aromatic rings. The molecule has 2 N–H and O–H groups in total. The lowest BCUT2D eigenvalue weighted by atomic mass is 10.1. The van der Waals surface area contributed by atoms with Gasteiger partial charge in [-0.3, -0.25) is 4.79 Å². The van der Waals surface area contributed by atoms with E-state index in [1.54, 1.807) is 0 Å². The van der Waals surface area contributed by atoms with Crippen LogP contribution in [0, 0.1) is 0 Å². The van der Waals surface area contributed by atoms with Crippen molar-refractivity contribution in [2.75, 3.05) is 7.11 Å². The molecule has 0 aliphatic rings. The van der Waals surface area contributed by atoms with Crippen molar-refractivity contribution in [1.29, 1.82) is 0 Å². The van der Waals surface area contributed by atoms with Gasteiger partial charge in [0.25, 0.3) is 0 Å². The van der Waals surface area contributed by atoms with Crippen LogP contribution in [0.25, 0.3) is 0 Å². The number of rotatable bonds is 6. The summed E-state index contributed by atoms with van der Waals surface area (Å²) in [6, 6.07) is 7.48. The average molecular weight is 403 g/mol. The number of hydrogen-bond donors (Lipinski definition) is 2. The van der Waals surface area contributed by atoms with Crippen LogP contribution in [0.4, 0.5) is 13.2 Å². The number of carbonyl (C=O) groups excluding carboxylic acids is 1. The van der Waals surface area contributed by atoms with E-state index in [4.69, 9.17) is 0 Å². The molecular weight excluding hydrogens is 387 g/mol. The maximum Gasteiger partial charge on any atom is 0.416 e. The topological polar surface area (TPSA) is 92.7 Å². The molecule has 0 bridgehead atoms. The van der Waals surface area contributed by atoms with Crippen LogP contribution >= 0.6 is 0 Å². The number of alkyl halides is 3. The second-order valence-electron chi connectivity index (χ2n) is 5.59. The van der Waals surface area contributed by atoms with Gasteiger partial charge in [-0.1, -0.05) is 18.2 Å². The molecule has 0 radical (unpaired) electrons. The fourth-order valence-corrected chi connectivity index (χ4v) is 3.51. The first-order chi connectivity index (χ1) is 12.5. The van der Waals surface area contributed by atoms with Gasteiger partial charge in [-0.05, 0) is 42.3 Å². The number of carbonyl (C=O) groups is 1. The minimum Gasteiger partial charge on any atom is -0.508 e. The van der Waals surface area contributed by atoms with Crippen molar-refractivity contribution < 1.29 is 36.2 Å². The van der Waals surface area contributed by atoms with Gasteiger partial charge in [-0.15, -0.1) is 0 Å². The van der Waals surface area contributed by atoms with Crippen molar-refractivity contribution in [3.8, 4) is 5.75 Å². The lowest BCUT2D eigenvalue weighted by Gasteiger charge is -2.17. The average Bonchev–Trinajstić information content (AvgIpc) is 2.61. The molecule has 2 rings (SSSR count). The highest BCUT2D eigenvalue weighted by Gasteiger charge is 2.33. The van der Waals surface area contributed by atoms with Crippen LogP contribution in [0.5, 0.6) is 5.75 Å². The maximum atomic E-state index is 12.8. The standard InChI is InChI=1S/C17H16F3NO5S/c1-26-16(23)15(9-11-5-7-13(22)8-6-11)21-27(24,25)14-4-2-3-12(10-14)17(18,19)20/h2-8,10,15,21-22H,9H2,1H3. The molecule has 0 saturated carbocycles. The molecule has 146 valence electrons. The molecule has 0 aliphatic heterocycles. The summed E-state index contributed by atoms with van der Waals surface area (Å²) in [6.45, 7) is 0. The number of phenols is 1. The fraction of sp³-hybridized carbons (Fsp3) is 0.235. The zero-order valence-corrected chi connectivity index (χ0v) is 14.8. The number of aromatic hydroxyl groups is 1. The van der Waals surface area contributed by atoms with Gasteiger partial charge in [0.05, 0.1) is 17.6 Å². The van der Waals surface area contributed by atoms with Crippen LogP contribution in [-0.2, 0) is 32.2 Å². The van der Waals surface area contributed by atoms with Crippen LogP contribution in [0.2, 0.25) is 0 Å². The predicted octanol–water partition coefficient (Wildman–Crippen LogP) is 2.47. The van der Waals surface area contributed by atoms with Crippen molar-refractivity contribution in [3.05, 3.63) is 59.7 Å². The number of sulfonamides is 1. The zero-order valence-electron chi connectivity index (χ0n) is 14.0. The Labute approximate surface area is 153 Å². The minimum absolute atomic E-state index is 0.0158. The first kappa shape index (κ1) is 20.7. The lowest BCUT2D eigenvalue weighted by molar-refractivity contribution is -0.142. The van der Waals surface area contributed by atoms with E-state index in [0.717, 1.165) is 25.3 Å². The van der Waals surface area contributed by atoms with Crippen molar-refractivity contribution in [1.82, 2.24) is 4.72 Å². The Hall–Kier alpha value is -2.59. The molecule has 0 amide bonds. The minimum atomic E-state index is -4.71. The predicted molar refractivity (Wildman–Crippen MR) is 89.4 cm³/mol. The van der Waals surface area contributed by atoms with Crippen molar-refractivity contribution in [2.45, 2.75) is 23.5 Å². The molecule has 0 spiro atoms. The van der Waals surface area contributed by atoms with Gasteiger partial charge in [0.1, 0.15) is 11.8 Å².